The summed E-state index contributed by atoms with van der Waals surface area (Å²) in [7, 11) is 0. The van der Waals surface area contributed by atoms with Crippen molar-refractivity contribution < 1.29 is 0 Å². The molecule has 1 unspecified atom stereocenters. The Hall–Kier alpha value is -1.31. The Morgan fingerprint density at radius 1 is 1.05 bits per heavy atom. The van der Waals surface area contributed by atoms with E-state index in [2.05, 4.69) is 54.7 Å². The Labute approximate surface area is 133 Å². The van der Waals surface area contributed by atoms with Crippen LogP contribution in [0.2, 0.25) is 5.02 Å². The third kappa shape index (κ3) is 5.53. The lowest BCUT2D eigenvalue weighted by Gasteiger charge is -2.18. The fourth-order valence-corrected chi connectivity index (χ4v) is 2.81. The van der Waals surface area contributed by atoms with Gasteiger partial charge in [-0.15, -0.1) is 0 Å². The minimum Gasteiger partial charge on any atom is -0.316 e. The van der Waals surface area contributed by atoms with Crippen molar-refractivity contribution in [2.75, 3.05) is 13.1 Å². The van der Waals surface area contributed by atoms with Gasteiger partial charge in [-0.05, 0) is 55.0 Å². The van der Waals surface area contributed by atoms with Crippen LogP contribution in [-0.4, -0.2) is 13.1 Å². The molecule has 1 N–H and O–H groups in total. The second-order valence-corrected chi connectivity index (χ2v) is 5.92. The van der Waals surface area contributed by atoms with E-state index in [9.17, 15) is 0 Å². The SMILES string of the molecule is CCCNCC(CCc1cccc(Cl)c1)c1ccccc1. The number of rotatable bonds is 8. The molecule has 2 heteroatoms. The average molecular weight is 302 g/mol. The van der Waals surface area contributed by atoms with Gasteiger partial charge in [-0.25, -0.2) is 0 Å². The van der Waals surface area contributed by atoms with Crippen LogP contribution in [-0.2, 0) is 6.42 Å². The Balaban J connectivity index is 1.98. The van der Waals surface area contributed by atoms with Gasteiger partial charge in [0, 0.05) is 11.6 Å². The van der Waals surface area contributed by atoms with Crippen molar-refractivity contribution >= 4 is 11.6 Å². The van der Waals surface area contributed by atoms with E-state index in [1.54, 1.807) is 0 Å². The molecule has 0 saturated heterocycles. The molecule has 2 rings (SSSR count). The highest BCUT2D eigenvalue weighted by Crippen LogP contribution is 2.22. The molecule has 0 aromatic heterocycles. The van der Waals surface area contributed by atoms with Gasteiger partial charge in [0.05, 0.1) is 0 Å². The Morgan fingerprint density at radius 2 is 1.86 bits per heavy atom. The van der Waals surface area contributed by atoms with Crippen molar-refractivity contribution in [3.05, 3.63) is 70.7 Å². The number of aryl methyl sites for hydroxylation is 1. The summed E-state index contributed by atoms with van der Waals surface area (Å²) in [6.07, 6.45) is 3.38. The molecular weight excluding hydrogens is 278 g/mol. The van der Waals surface area contributed by atoms with E-state index in [4.69, 9.17) is 11.6 Å². The highest BCUT2D eigenvalue weighted by molar-refractivity contribution is 6.30. The largest absolute Gasteiger partial charge is 0.316 e. The summed E-state index contributed by atoms with van der Waals surface area (Å²) in [6.45, 7) is 4.33. The van der Waals surface area contributed by atoms with Crippen LogP contribution in [0.15, 0.2) is 54.6 Å². The van der Waals surface area contributed by atoms with Gasteiger partial charge in [0.2, 0.25) is 0 Å². The van der Waals surface area contributed by atoms with Crippen LogP contribution < -0.4 is 5.32 Å². The van der Waals surface area contributed by atoms with Crippen molar-refractivity contribution in [2.24, 2.45) is 0 Å². The topological polar surface area (TPSA) is 12.0 Å². The van der Waals surface area contributed by atoms with E-state index in [1.165, 1.54) is 17.5 Å². The third-order valence-electron chi connectivity index (χ3n) is 3.76. The highest BCUT2D eigenvalue weighted by atomic mass is 35.5. The van der Waals surface area contributed by atoms with Crippen LogP contribution in [0, 0.1) is 0 Å². The average Bonchev–Trinajstić information content (AvgIpc) is 2.52. The summed E-state index contributed by atoms with van der Waals surface area (Å²) in [5.41, 5.74) is 2.74. The molecule has 1 nitrogen and oxygen atoms in total. The minimum absolute atomic E-state index is 0.553. The van der Waals surface area contributed by atoms with E-state index >= 15 is 0 Å². The van der Waals surface area contributed by atoms with Crippen LogP contribution in [0.1, 0.15) is 36.8 Å². The molecule has 0 saturated carbocycles. The number of nitrogens with one attached hydrogen (secondary N) is 1. The maximum absolute atomic E-state index is 6.07. The van der Waals surface area contributed by atoms with Crippen LogP contribution in [0.5, 0.6) is 0 Å². The van der Waals surface area contributed by atoms with Gasteiger partial charge in [-0.3, -0.25) is 0 Å². The molecule has 2 aromatic carbocycles. The van der Waals surface area contributed by atoms with Crippen molar-refractivity contribution in [1.29, 1.82) is 0 Å². The third-order valence-corrected chi connectivity index (χ3v) is 3.99. The van der Waals surface area contributed by atoms with Gasteiger partial charge in [-0.2, -0.15) is 0 Å². The molecule has 1 atom stereocenters. The summed E-state index contributed by atoms with van der Waals surface area (Å²) in [4.78, 5) is 0. The van der Waals surface area contributed by atoms with E-state index in [0.717, 1.165) is 31.0 Å². The van der Waals surface area contributed by atoms with Crippen LogP contribution in [0.3, 0.4) is 0 Å². The first-order valence-corrected chi connectivity index (χ1v) is 8.17. The molecule has 0 aliphatic heterocycles. The molecule has 2 aromatic rings. The van der Waals surface area contributed by atoms with E-state index in [0.29, 0.717) is 5.92 Å². The summed E-state index contributed by atoms with van der Waals surface area (Å²) in [5.74, 6) is 0.553. The molecule has 0 spiro atoms. The predicted molar refractivity (Wildman–Crippen MR) is 92.1 cm³/mol. The fraction of sp³-hybridized carbons (Fsp3) is 0.368. The maximum atomic E-state index is 6.07. The van der Waals surface area contributed by atoms with Gasteiger partial charge in [0.15, 0.2) is 0 Å². The second-order valence-electron chi connectivity index (χ2n) is 5.48. The molecule has 112 valence electrons. The molecule has 0 amide bonds. The molecule has 0 radical (unpaired) electrons. The molecular formula is C19H24ClN. The Morgan fingerprint density at radius 3 is 2.57 bits per heavy atom. The highest BCUT2D eigenvalue weighted by Gasteiger charge is 2.11. The van der Waals surface area contributed by atoms with Crippen LogP contribution in [0.25, 0.3) is 0 Å². The van der Waals surface area contributed by atoms with Crippen molar-refractivity contribution in [2.45, 2.75) is 32.1 Å². The first kappa shape index (κ1) is 16.1. The van der Waals surface area contributed by atoms with Crippen LogP contribution in [0.4, 0.5) is 0 Å². The van der Waals surface area contributed by atoms with Crippen LogP contribution >= 0.6 is 11.6 Å². The van der Waals surface area contributed by atoms with E-state index < -0.39 is 0 Å². The van der Waals surface area contributed by atoms with Gasteiger partial charge in [0.1, 0.15) is 0 Å². The lowest BCUT2D eigenvalue weighted by molar-refractivity contribution is 0.548. The lowest BCUT2D eigenvalue weighted by atomic mass is 9.92. The number of halogens is 1. The molecule has 0 aliphatic carbocycles. The first-order chi connectivity index (χ1) is 10.3. The van der Waals surface area contributed by atoms with E-state index in [-0.39, 0.29) is 0 Å². The van der Waals surface area contributed by atoms with Crippen molar-refractivity contribution in [3.8, 4) is 0 Å². The minimum atomic E-state index is 0.553. The smallest absolute Gasteiger partial charge is 0.0408 e. The normalized spacial score (nSPS) is 12.3. The molecule has 0 fully saturated rings. The molecule has 0 heterocycles. The monoisotopic (exact) mass is 301 g/mol. The van der Waals surface area contributed by atoms with Gasteiger partial charge < -0.3 is 5.32 Å². The fourth-order valence-electron chi connectivity index (χ4n) is 2.60. The standard InChI is InChI=1S/C19H24ClN/c1-2-13-21-15-18(17-8-4-3-5-9-17)12-11-16-7-6-10-19(20)14-16/h3-10,14,18,21H,2,11-13,15H2,1H3. The summed E-state index contributed by atoms with van der Waals surface area (Å²) in [5, 5.41) is 4.38. The Bertz CT molecular complexity index is 524. The maximum Gasteiger partial charge on any atom is 0.0408 e. The van der Waals surface area contributed by atoms with Gasteiger partial charge in [-0.1, -0.05) is 61.0 Å². The molecule has 21 heavy (non-hydrogen) atoms. The first-order valence-electron chi connectivity index (χ1n) is 7.79. The summed E-state index contributed by atoms with van der Waals surface area (Å²) in [6, 6.07) is 19.0. The quantitative estimate of drug-likeness (QED) is 0.672. The van der Waals surface area contributed by atoms with Crippen molar-refractivity contribution in [3.63, 3.8) is 0 Å². The number of benzene rings is 2. The summed E-state index contributed by atoms with van der Waals surface area (Å²) >= 11 is 6.07. The van der Waals surface area contributed by atoms with Gasteiger partial charge in [0.25, 0.3) is 0 Å². The van der Waals surface area contributed by atoms with E-state index in [1.807, 2.05) is 12.1 Å². The van der Waals surface area contributed by atoms with Crippen molar-refractivity contribution in [1.82, 2.24) is 5.32 Å². The lowest BCUT2D eigenvalue weighted by Crippen LogP contribution is -2.22. The zero-order valence-electron chi connectivity index (χ0n) is 12.7. The molecule has 0 bridgehead atoms. The predicted octanol–water partition coefficient (Wildman–Crippen LogP) is 5.06. The Kier molecular flexibility index (Phi) is 6.78. The summed E-state index contributed by atoms with van der Waals surface area (Å²) < 4.78 is 0. The second kappa shape index (κ2) is 8.86. The van der Waals surface area contributed by atoms with Gasteiger partial charge >= 0.3 is 0 Å². The molecule has 0 aliphatic rings. The number of hydrogen-bond acceptors (Lipinski definition) is 1. The number of hydrogen-bond donors (Lipinski definition) is 1. The zero-order chi connectivity index (χ0) is 14.9. The zero-order valence-corrected chi connectivity index (χ0v) is 13.4.